The highest BCUT2D eigenvalue weighted by Gasteiger charge is 2.21. The molecule has 1 fully saturated rings. The van der Waals surface area contributed by atoms with Gasteiger partial charge in [-0.2, -0.15) is 5.10 Å². The molecule has 1 heterocycles. The summed E-state index contributed by atoms with van der Waals surface area (Å²) < 4.78 is 27.5. The van der Waals surface area contributed by atoms with Gasteiger partial charge in [0.25, 0.3) is 0 Å². The molecular formula is C18H20F2N4. The van der Waals surface area contributed by atoms with Crippen molar-refractivity contribution in [2.24, 2.45) is 5.10 Å². The maximum atomic E-state index is 14.3. The Bertz CT molecular complexity index is 710. The Morgan fingerprint density at radius 2 is 1.71 bits per heavy atom. The molecule has 4 nitrogen and oxygen atoms in total. The van der Waals surface area contributed by atoms with E-state index < -0.39 is 11.6 Å². The Morgan fingerprint density at radius 1 is 1.00 bits per heavy atom. The van der Waals surface area contributed by atoms with Gasteiger partial charge in [-0.1, -0.05) is 18.2 Å². The van der Waals surface area contributed by atoms with Crippen molar-refractivity contribution in [1.82, 2.24) is 9.80 Å². The van der Waals surface area contributed by atoms with Crippen molar-refractivity contribution in [1.29, 1.82) is 0 Å². The van der Waals surface area contributed by atoms with Gasteiger partial charge in [0.05, 0.1) is 11.3 Å². The molecule has 0 aromatic heterocycles. The summed E-state index contributed by atoms with van der Waals surface area (Å²) in [5.74, 6) is -0.711. The van der Waals surface area contributed by atoms with E-state index in [9.17, 15) is 8.78 Å². The van der Waals surface area contributed by atoms with Crippen LogP contribution in [0.25, 0.3) is 0 Å². The van der Waals surface area contributed by atoms with Crippen molar-refractivity contribution in [3.05, 3.63) is 65.7 Å². The average molecular weight is 330 g/mol. The summed E-state index contributed by atoms with van der Waals surface area (Å²) in [4.78, 5) is 4.23. The van der Waals surface area contributed by atoms with E-state index in [0.29, 0.717) is 11.4 Å². The van der Waals surface area contributed by atoms with E-state index in [4.69, 9.17) is 0 Å². The SMILES string of the molecule is CN1CCN(/C(=N/Nc2ccccc2)c2ccc(F)cc2F)CC1. The van der Waals surface area contributed by atoms with Crippen LogP contribution in [0.15, 0.2) is 53.6 Å². The number of halogens is 2. The third-order valence-corrected chi connectivity index (χ3v) is 4.04. The summed E-state index contributed by atoms with van der Waals surface area (Å²) in [6.07, 6.45) is 0. The van der Waals surface area contributed by atoms with E-state index >= 15 is 0 Å². The number of likely N-dealkylation sites (N-methyl/N-ethyl adjacent to an activating group) is 1. The number of hydrogen-bond donors (Lipinski definition) is 1. The van der Waals surface area contributed by atoms with Gasteiger partial charge in [-0.15, -0.1) is 0 Å². The predicted octanol–water partition coefficient (Wildman–Crippen LogP) is 2.99. The highest BCUT2D eigenvalue weighted by atomic mass is 19.1. The van der Waals surface area contributed by atoms with Crippen molar-refractivity contribution < 1.29 is 8.78 Å². The molecular weight excluding hydrogens is 310 g/mol. The zero-order chi connectivity index (χ0) is 16.9. The number of amidine groups is 1. The number of nitrogens with one attached hydrogen (secondary N) is 1. The number of piperazine rings is 1. The van der Waals surface area contributed by atoms with E-state index in [0.717, 1.165) is 37.9 Å². The van der Waals surface area contributed by atoms with Crippen LogP contribution in [0.3, 0.4) is 0 Å². The molecule has 24 heavy (non-hydrogen) atoms. The first kappa shape index (κ1) is 16.4. The van der Waals surface area contributed by atoms with E-state index in [1.54, 1.807) is 0 Å². The first-order valence-electron chi connectivity index (χ1n) is 7.91. The number of anilines is 1. The fourth-order valence-electron chi connectivity index (χ4n) is 2.62. The van der Waals surface area contributed by atoms with E-state index in [1.165, 1.54) is 12.1 Å². The third-order valence-electron chi connectivity index (χ3n) is 4.04. The summed E-state index contributed by atoms with van der Waals surface area (Å²) >= 11 is 0. The summed E-state index contributed by atoms with van der Waals surface area (Å²) in [6, 6.07) is 13.1. The minimum absolute atomic E-state index is 0.296. The Hall–Kier alpha value is -2.47. The maximum absolute atomic E-state index is 14.3. The van der Waals surface area contributed by atoms with Crippen LogP contribution in [0.1, 0.15) is 5.56 Å². The molecule has 0 bridgehead atoms. The van der Waals surface area contributed by atoms with Crippen LogP contribution in [0, 0.1) is 11.6 Å². The Kier molecular flexibility index (Phi) is 5.05. The number of benzene rings is 2. The fraction of sp³-hybridized carbons (Fsp3) is 0.278. The molecule has 1 aliphatic heterocycles. The van der Waals surface area contributed by atoms with Gasteiger partial charge >= 0.3 is 0 Å². The van der Waals surface area contributed by atoms with Crippen molar-refractivity contribution in [2.45, 2.75) is 0 Å². The lowest BCUT2D eigenvalue weighted by Gasteiger charge is -2.34. The Morgan fingerprint density at radius 3 is 2.38 bits per heavy atom. The summed E-state index contributed by atoms with van der Waals surface area (Å²) in [7, 11) is 2.05. The van der Waals surface area contributed by atoms with Crippen molar-refractivity contribution in [3.63, 3.8) is 0 Å². The number of nitrogens with zero attached hydrogens (tertiary/aromatic N) is 3. The smallest absolute Gasteiger partial charge is 0.159 e. The van der Waals surface area contributed by atoms with Crippen molar-refractivity contribution in [3.8, 4) is 0 Å². The molecule has 0 amide bonds. The first-order chi connectivity index (χ1) is 11.6. The Balaban J connectivity index is 1.91. The Labute approximate surface area is 140 Å². The molecule has 126 valence electrons. The quantitative estimate of drug-likeness (QED) is 0.533. The van der Waals surface area contributed by atoms with Crippen molar-refractivity contribution in [2.75, 3.05) is 38.7 Å². The van der Waals surface area contributed by atoms with Crippen LogP contribution in [0.5, 0.6) is 0 Å². The number of rotatable bonds is 3. The molecule has 2 aromatic carbocycles. The molecule has 3 rings (SSSR count). The zero-order valence-electron chi connectivity index (χ0n) is 13.5. The van der Waals surface area contributed by atoms with Gasteiger partial charge in [-0.05, 0) is 31.3 Å². The monoisotopic (exact) mass is 330 g/mol. The molecule has 0 unspecified atom stereocenters. The molecule has 0 aliphatic carbocycles. The molecule has 1 saturated heterocycles. The van der Waals surface area contributed by atoms with Crippen molar-refractivity contribution >= 4 is 11.5 Å². The van der Waals surface area contributed by atoms with Crippen LogP contribution in [0.2, 0.25) is 0 Å². The molecule has 1 aliphatic rings. The van der Waals surface area contributed by atoms with Gasteiger partial charge in [0.15, 0.2) is 5.84 Å². The second-order valence-electron chi connectivity index (χ2n) is 5.83. The van der Waals surface area contributed by atoms with Gasteiger partial charge < -0.3 is 9.80 Å². The summed E-state index contributed by atoms with van der Waals surface area (Å²) in [5.41, 5.74) is 4.07. The lowest BCUT2D eigenvalue weighted by molar-refractivity contribution is 0.215. The second-order valence-corrected chi connectivity index (χ2v) is 5.83. The third kappa shape index (κ3) is 3.89. The summed E-state index contributed by atoms with van der Waals surface area (Å²) in [5, 5.41) is 4.42. The summed E-state index contributed by atoms with van der Waals surface area (Å²) in [6.45, 7) is 3.21. The van der Waals surface area contributed by atoms with Gasteiger partial charge in [0.2, 0.25) is 0 Å². The molecule has 0 spiro atoms. The average Bonchev–Trinajstić information content (AvgIpc) is 2.59. The first-order valence-corrected chi connectivity index (χ1v) is 7.91. The number of para-hydroxylation sites is 1. The lowest BCUT2D eigenvalue weighted by Crippen LogP contribution is -2.47. The molecule has 1 N–H and O–H groups in total. The second kappa shape index (κ2) is 7.40. The van der Waals surface area contributed by atoms with Gasteiger partial charge in [-0.3, -0.25) is 5.43 Å². The van der Waals surface area contributed by atoms with Gasteiger partial charge in [0.1, 0.15) is 11.6 Å². The molecule has 2 aromatic rings. The highest BCUT2D eigenvalue weighted by Crippen LogP contribution is 2.16. The topological polar surface area (TPSA) is 30.9 Å². The normalized spacial score (nSPS) is 16.3. The predicted molar refractivity (Wildman–Crippen MR) is 92.0 cm³/mol. The van der Waals surface area contributed by atoms with Gasteiger partial charge in [0, 0.05) is 32.2 Å². The van der Waals surface area contributed by atoms with E-state index in [-0.39, 0.29) is 0 Å². The highest BCUT2D eigenvalue weighted by molar-refractivity contribution is 5.99. The minimum atomic E-state index is -0.609. The van der Waals surface area contributed by atoms with E-state index in [2.05, 4.69) is 22.5 Å². The number of hydrogen-bond acceptors (Lipinski definition) is 3. The van der Waals surface area contributed by atoms with Crippen LogP contribution >= 0.6 is 0 Å². The number of hydrazone groups is 1. The maximum Gasteiger partial charge on any atom is 0.159 e. The fourth-order valence-corrected chi connectivity index (χ4v) is 2.62. The molecule has 0 saturated carbocycles. The zero-order valence-corrected chi connectivity index (χ0v) is 13.5. The van der Waals surface area contributed by atoms with E-state index in [1.807, 2.05) is 35.2 Å². The standard InChI is InChI=1S/C18H20F2N4/c1-23-9-11-24(12-10-23)18(16-8-7-14(19)13-17(16)20)22-21-15-5-3-2-4-6-15/h2-8,13,21H,9-12H2,1H3/b22-18+. The minimum Gasteiger partial charge on any atom is -0.352 e. The lowest BCUT2D eigenvalue weighted by atomic mass is 10.1. The molecule has 6 heteroatoms. The van der Waals surface area contributed by atoms with Crippen LogP contribution in [-0.4, -0.2) is 48.9 Å². The van der Waals surface area contributed by atoms with Crippen LogP contribution in [-0.2, 0) is 0 Å². The van der Waals surface area contributed by atoms with Crippen LogP contribution in [0.4, 0.5) is 14.5 Å². The molecule has 0 radical (unpaired) electrons. The molecule has 0 atom stereocenters. The van der Waals surface area contributed by atoms with Crippen LogP contribution < -0.4 is 5.43 Å². The van der Waals surface area contributed by atoms with Gasteiger partial charge in [-0.25, -0.2) is 8.78 Å². The largest absolute Gasteiger partial charge is 0.352 e.